The van der Waals surface area contributed by atoms with Gasteiger partial charge >= 0.3 is 0 Å². The summed E-state index contributed by atoms with van der Waals surface area (Å²) in [6, 6.07) is 5.59. The van der Waals surface area contributed by atoms with E-state index in [0.717, 1.165) is 0 Å². The number of nitrogens with one attached hydrogen (secondary N) is 2. The van der Waals surface area contributed by atoms with Crippen LogP contribution in [0.25, 0.3) is 0 Å². The van der Waals surface area contributed by atoms with Crippen molar-refractivity contribution >= 4 is 39.0 Å². The highest BCUT2D eigenvalue weighted by Gasteiger charge is 2.17. The number of carbonyl (C=O) groups excluding carboxylic acids is 1. The Morgan fingerprint density at radius 2 is 2.05 bits per heavy atom. The molecule has 0 saturated heterocycles. The first-order chi connectivity index (χ1) is 9.79. The molecule has 0 aliphatic carbocycles. The lowest BCUT2D eigenvalue weighted by Crippen LogP contribution is -2.15. The number of carbonyl (C=O) groups is 1. The second-order valence-corrected chi connectivity index (χ2v) is 6.36. The maximum atomic E-state index is 12.2. The Bertz CT molecular complexity index is 786. The van der Waals surface area contributed by atoms with E-state index in [-0.39, 0.29) is 15.8 Å². The molecule has 1 aromatic carbocycles. The number of hydrogen-bond donors (Lipinski definition) is 2. The van der Waals surface area contributed by atoms with Gasteiger partial charge in [-0.05, 0) is 18.2 Å². The molecule has 9 heteroatoms. The fourth-order valence-corrected chi connectivity index (χ4v) is 3.03. The Labute approximate surface area is 127 Å². The number of nitrogens with zero attached hydrogens (tertiary/aromatic N) is 2. The number of aromatic nitrogens is 2. The topological polar surface area (TPSA) is 93.1 Å². The second-order valence-electron chi connectivity index (χ2n) is 4.27. The van der Waals surface area contributed by atoms with Crippen molar-refractivity contribution in [3.05, 3.63) is 35.5 Å². The summed E-state index contributed by atoms with van der Waals surface area (Å²) in [4.78, 5) is 11.0. The second kappa shape index (κ2) is 5.74. The lowest BCUT2D eigenvalue weighted by atomic mass is 10.3. The molecule has 0 spiro atoms. The summed E-state index contributed by atoms with van der Waals surface area (Å²) >= 11 is 5.97. The van der Waals surface area contributed by atoms with E-state index in [2.05, 4.69) is 15.1 Å². The van der Waals surface area contributed by atoms with Crippen LogP contribution >= 0.6 is 11.6 Å². The highest BCUT2D eigenvalue weighted by Crippen LogP contribution is 2.26. The highest BCUT2D eigenvalue weighted by molar-refractivity contribution is 7.92. The standard InChI is InChI=1S/C12H13ClN4O3S/c1-8(18)15-11-4-3-9(7-10(11)13)21(19,20)16-12-5-6-14-17(12)2/h3-7,16H,1-2H3,(H,15,18). The number of benzene rings is 1. The molecule has 0 aliphatic heterocycles. The molecular formula is C12H13ClN4O3S. The van der Waals surface area contributed by atoms with E-state index in [1.165, 1.54) is 42.1 Å². The molecule has 2 aromatic rings. The first-order valence-electron chi connectivity index (χ1n) is 5.87. The molecule has 0 atom stereocenters. The molecule has 0 fully saturated rings. The average Bonchev–Trinajstić information content (AvgIpc) is 2.76. The minimum Gasteiger partial charge on any atom is -0.325 e. The fourth-order valence-electron chi connectivity index (χ4n) is 1.62. The van der Waals surface area contributed by atoms with Crippen LogP contribution in [0, 0.1) is 0 Å². The van der Waals surface area contributed by atoms with Crippen molar-refractivity contribution in [2.45, 2.75) is 11.8 Å². The molecule has 0 unspecified atom stereocenters. The molecule has 2 rings (SSSR count). The number of rotatable bonds is 4. The monoisotopic (exact) mass is 328 g/mol. The van der Waals surface area contributed by atoms with Crippen LogP contribution in [-0.4, -0.2) is 24.1 Å². The Balaban J connectivity index is 2.31. The smallest absolute Gasteiger partial charge is 0.263 e. The van der Waals surface area contributed by atoms with Gasteiger partial charge in [-0.25, -0.2) is 8.42 Å². The summed E-state index contributed by atoms with van der Waals surface area (Å²) in [6.45, 7) is 1.34. The number of hydrogen-bond acceptors (Lipinski definition) is 4. The van der Waals surface area contributed by atoms with Gasteiger partial charge in [0.1, 0.15) is 5.82 Å². The van der Waals surface area contributed by atoms with Gasteiger partial charge in [-0.2, -0.15) is 5.10 Å². The minimum absolute atomic E-state index is 0.0113. The van der Waals surface area contributed by atoms with E-state index in [9.17, 15) is 13.2 Å². The van der Waals surface area contributed by atoms with Crippen LogP contribution < -0.4 is 10.0 Å². The van der Waals surface area contributed by atoms with E-state index >= 15 is 0 Å². The highest BCUT2D eigenvalue weighted by atomic mass is 35.5. The van der Waals surface area contributed by atoms with E-state index in [1.807, 2.05) is 0 Å². The van der Waals surface area contributed by atoms with Crippen molar-refractivity contribution in [2.75, 3.05) is 10.0 Å². The predicted molar refractivity (Wildman–Crippen MR) is 79.8 cm³/mol. The maximum Gasteiger partial charge on any atom is 0.263 e. The Morgan fingerprint density at radius 3 is 2.57 bits per heavy atom. The van der Waals surface area contributed by atoms with E-state index in [0.29, 0.717) is 11.5 Å². The zero-order valence-corrected chi connectivity index (χ0v) is 12.9. The van der Waals surface area contributed by atoms with E-state index in [1.54, 1.807) is 7.05 Å². The van der Waals surface area contributed by atoms with Gasteiger partial charge in [0.25, 0.3) is 10.0 Å². The molecule has 0 bridgehead atoms. The van der Waals surface area contributed by atoms with Crippen molar-refractivity contribution < 1.29 is 13.2 Å². The largest absolute Gasteiger partial charge is 0.325 e. The SMILES string of the molecule is CC(=O)Nc1ccc(S(=O)(=O)Nc2ccnn2C)cc1Cl. The minimum atomic E-state index is -3.78. The zero-order chi connectivity index (χ0) is 15.6. The summed E-state index contributed by atoms with van der Waals surface area (Å²) in [7, 11) is -2.17. The van der Waals surface area contributed by atoms with Gasteiger partial charge in [0.2, 0.25) is 5.91 Å². The van der Waals surface area contributed by atoms with Crippen LogP contribution in [-0.2, 0) is 21.9 Å². The quantitative estimate of drug-likeness (QED) is 0.895. The first kappa shape index (κ1) is 15.3. The molecule has 0 saturated carbocycles. The van der Waals surface area contributed by atoms with Crippen LogP contribution in [0.3, 0.4) is 0 Å². The number of halogens is 1. The van der Waals surface area contributed by atoms with Crippen LogP contribution in [0.1, 0.15) is 6.92 Å². The molecule has 1 amide bonds. The third kappa shape index (κ3) is 3.53. The average molecular weight is 329 g/mol. The zero-order valence-electron chi connectivity index (χ0n) is 11.3. The normalized spacial score (nSPS) is 11.2. The number of amides is 1. The summed E-state index contributed by atoms with van der Waals surface area (Å²) in [5.74, 6) is 0.0394. The van der Waals surface area contributed by atoms with Gasteiger partial charge in [-0.3, -0.25) is 14.2 Å². The van der Waals surface area contributed by atoms with Crippen molar-refractivity contribution in [1.29, 1.82) is 0 Å². The summed E-state index contributed by atoms with van der Waals surface area (Å²) in [5.41, 5.74) is 0.351. The van der Waals surface area contributed by atoms with Crippen molar-refractivity contribution in [2.24, 2.45) is 7.05 Å². The molecule has 112 valence electrons. The summed E-state index contributed by atoms with van der Waals surface area (Å²) in [5, 5.41) is 6.52. The Hall–Kier alpha value is -2.06. The van der Waals surface area contributed by atoms with Gasteiger partial charge in [-0.15, -0.1) is 0 Å². The lowest BCUT2D eigenvalue weighted by Gasteiger charge is -2.10. The predicted octanol–water partition coefficient (Wildman–Crippen LogP) is 1.83. The number of sulfonamides is 1. The molecule has 2 N–H and O–H groups in total. The molecule has 7 nitrogen and oxygen atoms in total. The summed E-state index contributed by atoms with van der Waals surface area (Å²) < 4.78 is 28.3. The molecule has 21 heavy (non-hydrogen) atoms. The Kier molecular flexibility index (Phi) is 4.19. The van der Waals surface area contributed by atoms with Gasteiger partial charge in [0, 0.05) is 20.0 Å². The van der Waals surface area contributed by atoms with Crippen LogP contribution in [0.15, 0.2) is 35.4 Å². The first-order valence-corrected chi connectivity index (χ1v) is 7.73. The number of aryl methyl sites for hydroxylation is 1. The Morgan fingerprint density at radius 1 is 1.33 bits per heavy atom. The third-order valence-corrected chi connectivity index (χ3v) is 4.29. The summed E-state index contributed by atoms with van der Waals surface area (Å²) in [6.07, 6.45) is 1.48. The van der Waals surface area contributed by atoms with Gasteiger partial charge in [-0.1, -0.05) is 11.6 Å². The van der Waals surface area contributed by atoms with E-state index in [4.69, 9.17) is 11.6 Å². The molecular weight excluding hydrogens is 316 g/mol. The van der Waals surface area contributed by atoms with Gasteiger partial charge in [0.05, 0.1) is 21.8 Å². The van der Waals surface area contributed by atoms with Gasteiger partial charge in [0.15, 0.2) is 0 Å². The van der Waals surface area contributed by atoms with Crippen LogP contribution in [0.5, 0.6) is 0 Å². The van der Waals surface area contributed by atoms with E-state index < -0.39 is 10.0 Å². The van der Waals surface area contributed by atoms with Gasteiger partial charge < -0.3 is 5.32 Å². The van der Waals surface area contributed by atoms with Crippen molar-refractivity contribution in [1.82, 2.24) is 9.78 Å². The lowest BCUT2D eigenvalue weighted by molar-refractivity contribution is -0.114. The maximum absolute atomic E-state index is 12.2. The van der Waals surface area contributed by atoms with Crippen molar-refractivity contribution in [3.63, 3.8) is 0 Å². The molecule has 0 radical (unpaired) electrons. The molecule has 1 aromatic heterocycles. The molecule has 1 heterocycles. The fraction of sp³-hybridized carbons (Fsp3) is 0.167. The van der Waals surface area contributed by atoms with Crippen LogP contribution in [0.2, 0.25) is 5.02 Å². The third-order valence-electron chi connectivity index (χ3n) is 2.62. The number of anilines is 2. The molecule has 0 aliphatic rings. The van der Waals surface area contributed by atoms with Crippen molar-refractivity contribution in [3.8, 4) is 0 Å². The van der Waals surface area contributed by atoms with Crippen LogP contribution in [0.4, 0.5) is 11.5 Å².